The average molecular weight is 240 g/mol. The molecule has 18 heavy (non-hydrogen) atoms. The number of carbonyl (C=O) groups is 1. The van der Waals surface area contributed by atoms with Crippen molar-refractivity contribution in [1.82, 2.24) is 0 Å². The summed E-state index contributed by atoms with van der Waals surface area (Å²) in [6.45, 7) is 3.62. The highest BCUT2D eigenvalue weighted by Crippen LogP contribution is 2.30. The van der Waals surface area contributed by atoms with Gasteiger partial charge in [-0.25, -0.2) is 0 Å². The number of rotatable bonds is 3. The third-order valence-corrected chi connectivity index (χ3v) is 2.96. The minimum absolute atomic E-state index is 0.0813. The zero-order chi connectivity index (χ0) is 13.1. The molecule has 0 aromatic heterocycles. The van der Waals surface area contributed by atoms with Crippen molar-refractivity contribution in [3.05, 3.63) is 53.6 Å². The summed E-state index contributed by atoms with van der Waals surface area (Å²) in [5.41, 5.74) is 4.01. The van der Waals surface area contributed by atoms with Crippen LogP contribution in [0.15, 0.2) is 42.5 Å². The molecule has 0 radical (unpaired) electrons. The first kappa shape index (κ1) is 12.4. The molecule has 0 N–H and O–H groups in total. The largest absolute Gasteiger partial charge is 0.496 e. The lowest BCUT2D eigenvalue weighted by Crippen LogP contribution is -1.92. The van der Waals surface area contributed by atoms with E-state index in [1.165, 1.54) is 5.56 Å². The molecular formula is C16H16O2. The standard InChI is InChI=1S/C16H16O2/c1-11-4-9-16(18-3)15(10-11)14-7-5-13(6-8-14)12(2)17/h4-10H,1-3H3. The zero-order valence-electron chi connectivity index (χ0n) is 10.9. The van der Waals surface area contributed by atoms with Crippen molar-refractivity contribution < 1.29 is 9.53 Å². The molecule has 0 unspecified atom stereocenters. The van der Waals surface area contributed by atoms with E-state index in [0.29, 0.717) is 0 Å². The van der Waals surface area contributed by atoms with Crippen LogP contribution in [-0.4, -0.2) is 12.9 Å². The van der Waals surface area contributed by atoms with E-state index in [1.54, 1.807) is 14.0 Å². The summed E-state index contributed by atoms with van der Waals surface area (Å²) in [5, 5.41) is 0. The van der Waals surface area contributed by atoms with Crippen molar-refractivity contribution in [3.8, 4) is 16.9 Å². The number of Topliss-reactive ketones (excluding diaryl/α,β-unsaturated/α-hetero) is 1. The van der Waals surface area contributed by atoms with Crippen LogP contribution in [0.2, 0.25) is 0 Å². The fourth-order valence-corrected chi connectivity index (χ4v) is 1.93. The van der Waals surface area contributed by atoms with Gasteiger partial charge in [0.25, 0.3) is 0 Å². The van der Waals surface area contributed by atoms with E-state index in [-0.39, 0.29) is 5.78 Å². The van der Waals surface area contributed by atoms with E-state index in [2.05, 4.69) is 6.07 Å². The maximum atomic E-state index is 11.2. The number of hydrogen-bond acceptors (Lipinski definition) is 2. The molecule has 2 aromatic rings. The Morgan fingerprint density at radius 2 is 1.72 bits per heavy atom. The second kappa shape index (κ2) is 5.05. The van der Waals surface area contributed by atoms with Gasteiger partial charge in [-0.1, -0.05) is 35.9 Å². The number of hydrogen-bond donors (Lipinski definition) is 0. The summed E-state index contributed by atoms with van der Waals surface area (Å²) in [6.07, 6.45) is 0. The summed E-state index contributed by atoms with van der Waals surface area (Å²) in [4.78, 5) is 11.2. The zero-order valence-corrected chi connectivity index (χ0v) is 10.9. The minimum Gasteiger partial charge on any atom is -0.496 e. The Balaban J connectivity index is 2.48. The summed E-state index contributed by atoms with van der Waals surface area (Å²) in [5.74, 6) is 0.925. The topological polar surface area (TPSA) is 26.3 Å². The molecule has 92 valence electrons. The van der Waals surface area contributed by atoms with Gasteiger partial charge in [0.1, 0.15) is 5.75 Å². The predicted octanol–water partition coefficient (Wildman–Crippen LogP) is 3.87. The Morgan fingerprint density at radius 3 is 2.28 bits per heavy atom. The molecule has 0 aliphatic rings. The Labute approximate surface area is 107 Å². The molecule has 0 saturated carbocycles. The van der Waals surface area contributed by atoms with E-state index in [9.17, 15) is 4.79 Å². The van der Waals surface area contributed by atoms with Crippen LogP contribution < -0.4 is 4.74 Å². The smallest absolute Gasteiger partial charge is 0.159 e. The minimum atomic E-state index is 0.0813. The van der Waals surface area contributed by atoms with Gasteiger partial charge in [-0.15, -0.1) is 0 Å². The second-order valence-corrected chi connectivity index (χ2v) is 4.34. The fourth-order valence-electron chi connectivity index (χ4n) is 1.93. The summed E-state index contributed by atoms with van der Waals surface area (Å²) < 4.78 is 5.37. The van der Waals surface area contributed by atoms with Gasteiger partial charge in [0.05, 0.1) is 7.11 Å². The number of carbonyl (C=O) groups excluding carboxylic acids is 1. The van der Waals surface area contributed by atoms with Gasteiger partial charge >= 0.3 is 0 Å². The molecule has 0 spiro atoms. The van der Waals surface area contributed by atoms with Gasteiger partial charge < -0.3 is 4.74 Å². The lowest BCUT2D eigenvalue weighted by Gasteiger charge is -2.10. The first-order valence-electron chi connectivity index (χ1n) is 5.88. The first-order valence-corrected chi connectivity index (χ1v) is 5.88. The van der Waals surface area contributed by atoms with Crippen molar-refractivity contribution in [1.29, 1.82) is 0 Å². The number of aryl methyl sites for hydroxylation is 1. The van der Waals surface area contributed by atoms with Crippen LogP contribution in [0.25, 0.3) is 11.1 Å². The number of benzene rings is 2. The molecule has 2 rings (SSSR count). The van der Waals surface area contributed by atoms with Crippen LogP contribution in [-0.2, 0) is 0 Å². The highest BCUT2D eigenvalue weighted by atomic mass is 16.5. The normalized spacial score (nSPS) is 10.2. The number of ether oxygens (including phenoxy) is 1. The van der Waals surface area contributed by atoms with Crippen molar-refractivity contribution in [2.45, 2.75) is 13.8 Å². The maximum absolute atomic E-state index is 11.2. The molecule has 0 fully saturated rings. The van der Waals surface area contributed by atoms with Crippen molar-refractivity contribution in [3.63, 3.8) is 0 Å². The molecule has 0 amide bonds. The van der Waals surface area contributed by atoms with Crippen LogP contribution in [0, 0.1) is 6.92 Å². The lowest BCUT2D eigenvalue weighted by atomic mass is 10.0. The predicted molar refractivity (Wildman–Crippen MR) is 73.2 cm³/mol. The summed E-state index contributed by atoms with van der Waals surface area (Å²) >= 11 is 0. The quantitative estimate of drug-likeness (QED) is 0.761. The Kier molecular flexibility index (Phi) is 3.47. The highest BCUT2D eigenvalue weighted by Gasteiger charge is 2.06. The van der Waals surface area contributed by atoms with Gasteiger partial charge in [-0.3, -0.25) is 4.79 Å². The van der Waals surface area contributed by atoms with Crippen molar-refractivity contribution in [2.75, 3.05) is 7.11 Å². The Morgan fingerprint density at radius 1 is 1.06 bits per heavy atom. The van der Waals surface area contributed by atoms with E-state index >= 15 is 0 Å². The molecule has 0 bridgehead atoms. The third kappa shape index (κ3) is 2.43. The fraction of sp³-hybridized carbons (Fsp3) is 0.188. The van der Waals surface area contributed by atoms with Gasteiger partial charge in [0, 0.05) is 11.1 Å². The van der Waals surface area contributed by atoms with Gasteiger partial charge in [0.2, 0.25) is 0 Å². The molecule has 2 heteroatoms. The first-order chi connectivity index (χ1) is 8.61. The van der Waals surface area contributed by atoms with Gasteiger partial charge in [0.15, 0.2) is 5.78 Å². The number of ketones is 1. The van der Waals surface area contributed by atoms with Crippen LogP contribution in [0.4, 0.5) is 0 Å². The van der Waals surface area contributed by atoms with Crippen LogP contribution in [0.1, 0.15) is 22.8 Å². The summed E-state index contributed by atoms with van der Waals surface area (Å²) in [6, 6.07) is 13.7. The molecule has 0 aliphatic carbocycles. The van der Waals surface area contributed by atoms with E-state index in [0.717, 1.165) is 22.4 Å². The Hall–Kier alpha value is -2.09. The molecule has 0 saturated heterocycles. The van der Waals surface area contributed by atoms with Crippen molar-refractivity contribution >= 4 is 5.78 Å². The molecule has 0 heterocycles. The van der Waals surface area contributed by atoms with E-state index < -0.39 is 0 Å². The molecule has 0 atom stereocenters. The average Bonchev–Trinajstić information content (AvgIpc) is 2.39. The monoisotopic (exact) mass is 240 g/mol. The molecule has 0 aliphatic heterocycles. The van der Waals surface area contributed by atoms with Gasteiger partial charge in [-0.2, -0.15) is 0 Å². The molecule has 2 nitrogen and oxygen atoms in total. The Bertz CT molecular complexity index is 568. The maximum Gasteiger partial charge on any atom is 0.159 e. The second-order valence-electron chi connectivity index (χ2n) is 4.34. The third-order valence-electron chi connectivity index (χ3n) is 2.96. The lowest BCUT2D eigenvalue weighted by molar-refractivity contribution is 0.101. The molecule has 2 aromatic carbocycles. The SMILES string of the molecule is COc1ccc(C)cc1-c1ccc(C(C)=O)cc1. The summed E-state index contributed by atoms with van der Waals surface area (Å²) in [7, 11) is 1.66. The van der Waals surface area contributed by atoms with Crippen LogP contribution >= 0.6 is 0 Å². The highest BCUT2D eigenvalue weighted by molar-refractivity contribution is 5.94. The van der Waals surface area contributed by atoms with Crippen LogP contribution in [0.3, 0.4) is 0 Å². The van der Waals surface area contributed by atoms with Gasteiger partial charge in [-0.05, 0) is 31.5 Å². The van der Waals surface area contributed by atoms with E-state index in [1.807, 2.05) is 43.3 Å². The molecular weight excluding hydrogens is 224 g/mol. The van der Waals surface area contributed by atoms with Crippen molar-refractivity contribution in [2.24, 2.45) is 0 Å². The van der Waals surface area contributed by atoms with Crippen LogP contribution in [0.5, 0.6) is 5.75 Å². The number of methoxy groups -OCH3 is 1. The van der Waals surface area contributed by atoms with E-state index in [4.69, 9.17) is 4.74 Å².